The molecule has 2 atom stereocenters. The standard InChI is InChI=1S/C17H19BrN2O4S/c1-11(2)16(17(21)19-22)20(25(23)24)15-9-5-13(6-10-15)12-3-7-14(18)8-4-12/h3-11,16,22H,1-2H3,(H,19,21)(H,23,24)/p-1. The molecule has 2 aromatic carbocycles. The Morgan fingerprint density at radius 3 is 2.00 bits per heavy atom. The number of halogens is 1. The van der Waals surface area contributed by atoms with Crippen molar-refractivity contribution in [1.29, 1.82) is 0 Å². The fraction of sp³-hybridized carbons (Fsp3) is 0.235. The van der Waals surface area contributed by atoms with Crippen LogP contribution in [-0.4, -0.2) is 25.9 Å². The van der Waals surface area contributed by atoms with Crippen molar-refractivity contribution in [2.75, 3.05) is 4.31 Å². The van der Waals surface area contributed by atoms with E-state index in [1.807, 2.05) is 24.3 Å². The fourth-order valence-electron chi connectivity index (χ4n) is 2.53. The molecule has 0 bridgehead atoms. The number of carbonyl (C=O) groups excluding carboxylic acids is 1. The third-order valence-electron chi connectivity index (χ3n) is 3.72. The number of hydroxylamine groups is 1. The van der Waals surface area contributed by atoms with Crippen molar-refractivity contribution < 1.29 is 18.8 Å². The Kier molecular flexibility index (Phi) is 6.71. The molecule has 134 valence electrons. The van der Waals surface area contributed by atoms with Crippen LogP contribution in [0.15, 0.2) is 53.0 Å². The van der Waals surface area contributed by atoms with Gasteiger partial charge in [-0.2, -0.15) is 0 Å². The van der Waals surface area contributed by atoms with Crippen LogP contribution in [0.1, 0.15) is 13.8 Å². The van der Waals surface area contributed by atoms with Crippen molar-refractivity contribution in [3.8, 4) is 11.1 Å². The Labute approximate surface area is 157 Å². The first-order valence-corrected chi connectivity index (χ1v) is 9.36. The maximum atomic E-state index is 11.9. The third-order valence-corrected chi connectivity index (χ3v) is 5.01. The van der Waals surface area contributed by atoms with E-state index in [0.29, 0.717) is 5.69 Å². The van der Waals surface area contributed by atoms with Gasteiger partial charge in [0.05, 0.1) is 0 Å². The summed E-state index contributed by atoms with van der Waals surface area (Å²) in [4.78, 5) is 11.9. The van der Waals surface area contributed by atoms with Crippen LogP contribution in [0.3, 0.4) is 0 Å². The summed E-state index contributed by atoms with van der Waals surface area (Å²) in [5, 5.41) is 8.92. The number of nitrogens with one attached hydrogen (secondary N) is 1. The second-order valence-electron chi connectivity index (χ2n) is 5.76. The van der Waals surface area contributed by atoms with Crippen LogP contribution in [0.2, 0.25) is 0 Å². The maximum Gasteiger partial charge on any atom is 0.267 e. The molecule has 2 rings (SSSR count). The van der Waals surface area contributed by atoms with Crippen LogP contribution in [0.4, 0.5) is 5.69 Å². The lowest BCUT2D eigenvalue weighted by molar-refractivity contribution is -0.131. The number of rotatable bonds is 6. The van der Waals surface area contributed by atoms with Crippen LogP contribution in [0, 0.1) is 5.92 Å². The molecule has 2 aromatic rings. The maximum absolute atomic E-state index is 11.9. The first-order valence-electron chi connectivity index (χ1n) is 7.53. The molecule has 0 aliphatic heterocycles. The summed E-state index contributed by atoms with van der Waals surface area (Å²) in [6, 6.07) is 13.5. The number of hydrogen-bond donors (Lipinski definition) is 2. The first-order chi connectivity index (χ1) is 11.8. The minimum atomic E-state index is -2.68. The van der Waals surface area contributed by atoms with Gasteiger partial charge >= 0.3 is 0 Å². The Morgan fingerprint density at radius 1 is 1.12 bits per heavy atom. The van der Waals surface area contributed by atoms with E-state index in [1.54, 1.807) is 38.1 Å². The quantitative estimate of drug-likeness (QED) is 0.421. The van der Waals surface area contributed by atoms with Gasteiger partial charge in [-0.05, 0) is 41.3 Å². The lowest BCUT2D eigenvalue weighted by Crippen LogP contribution is -2.50. The van der Waals surface area contributed by atoms with Gasteiger partial charge in [-0.3, -0.25) is 18.5 Å². The highest BCUT2D eigenvalue weighted by Crippen LogP contribution is 2.27. The number of anilines is 1. The molecule has 0 saturated heterocycles. The van der Waals surface area contributed by atoms with E-state index in [1.165, 1.54) is 5.48 Å². The molecule has 0 aliphatic rings. The topological polar surface area (TPSA) is 92.7 Å². The van der Waals surface area contributed by atoms with Crippen LogP contribution in [-0.2, 0) is 16.1 Å². The molecule has 2 N–H and O–H groups in total. The normalized spacial score (nSPS) is 13.4. The fourth-order valence-corrected chi connectivity index (χ4v) is 3.61. The lowest BCUT2D eigenvalue weighted by Gasteiger charge is -2.35. The molecule has 0 heterocycles. The molecule has 1 amide bonds. The predicted octanol–water partition coefficient (Wildman–Crippen LogP) is 3.25. The molecular formula is C17H18BrN2O4S-. The van der Waals surface area contributed by atoms with Crippen LogP contribution in [0.25, 0.3) is 11.1 Å². The van der Waals surface area contributed by atoms with E-state index < -0.39 is 23.2 Å². The zero-order valence-electron chi connectivity index (χ0n) is 13.7. The highest BCUT2D eigenvalue weighted by atomic mass is 79.9. The Balaban J connectivity index is 2.37. The van der Waals surface area contributed by atoms with Gasteiger partial charge in [-0.1, -0.05) is 54.0 Å². The summed E-state index contributed by atoms with van der Waals surface area (Å²) < 4.78 is 25.4. The lowest BCUT2D eigenvalue weighted by atomic mass is 10.0. The molecule has 0 radical (unpaired) electrons. The Bertz CT molecular complexity index is 750. The van der Waals surface area contributed by atoms with Crippen LogP contribution >= 0.6 is 15.9 Å². The summed E-state index contributed by atoms with van der Waals surface area (Å²) in [6.07, 6.45) is 0. The van der Waals surface area contributed by atoms with Gasteiger partial charge in [-0.15, -0.1) is 0 Å². The smallest absolute Gasteiger partial charge is 0.267 e. The summed E-state index contributed by atoms with van der Waals surface area (Å²) in [5.41, 5.74) is 3.78. The van der Waals surface area contributed by atoms with Gasteiger partial charge in [-0.25, -0.2) is 5.48 Å². The number of nitrogens with zero attached hydrogens (tertiary/aromatic N) is 1. The zero-order chi connectivity index (χ0) is 18.6. The molecule has 0 fully saturated rings. The average Bonchev–Trinajstić information content (AvgIpc) is 2.59. The molecule has 6 nitrogen and oxygen atoms in total. The molecule has 2 unspecified atom stereocenters. The van der Waals surface area contributed by atoms with Gasteiger partial charge < -0.3 is 4.55 Å². The monoisotopic (exact) mass is 425 g/mol. The number of hydrogen-bond acceptors (Lipinski definition) is 4. The van der Waals surface area contributed by atoms with E-state index in [9.17, 15) is 13.6 Å². The SMILES string of the molecule is CC(C)C(C(=O)NO)N(c1ccc(-c2ccc(Br)cc2)cc1)S(=O)[O-]. The summed E-state index contributed by atoms with van der Waals surface area (Å²) >= 11 is 0.705. The van der Waals surface area contributed by atoms with Crippen molar-refractivity contribution in [2.45, 2.75) is 19.9 Å². The Hall–Kier alpha value is -1.74. The summed E-state index contributed by atoms with van der Waals surface area (Å²) in [6.45, 7) is 3.41. The van der Waals surface area contributed by atoms with Crippen molar-refractivity contribution >= 4 is 38.8 Å². The second-order valence-corrected chi connectivity index (χ2v) is 7.50. The highest BCUT2D eigenvalue weighted by molar-refractivity contribution is 9.10. The third kappa shape index (κ3) is 4.66. The molecule has 8 heteroatoms. The van der Waals surface area contributed by atoms with Crippen molar-refractivity contribution in [2.24, 2.45) is 5.92 Å². The van der Waals surface area contributed by atoms with Gasteiger partial charge in [0.25, 0.3) is 5.91 Å². The first kappa shape index (κ1) is 19.6. The number of benzene rings is 2. The highest BCUT2D eigenvalue weighted by Gasteiger charge is 2.30. The van der Waals surface area contributed by atoms with Crippen molar-refractivity contribution in [3.63, 3.8) is 0 Å². The second kappa shape index (κ2) is 8.57. The van der Waals surface area contributed by atoms with Crippen molar-refractivity contribution in [1.82, 2.24) is 5.48 Å². The van der Waals surface area contributed by atoms with E-state index in [0.717, 1.165) is 19.9 Å². The molecular weight excluding hydrogens is 408 g/mol. The van der Waals surface area contributed by atoms with E-state index in [-0.39, 0.29) is 5.92 Å². The Morgan fingerprint density at radius 2 is 1.60 bits per heavy atom. The zero-order valence-corrected chi connectivity index (χ0v) is 16.1. The predicted molar refractivity (Wildman–Crippen MR) is 99.5 cm³/mol. The van der Waals surface area contributed by atoms with E-state index in [4.69, 9.17) is 5.21 Å². The summed E-state index contributed by atoms with van der Waals surface area (Å²) in [5.74, 6) is -1.12. The van der Waals surface area contributed by atoms with Gasteiger partial charge in [0.2, 0.25) is 0 Å². The molecule has 25 heavy (non-hydrogen) atoms. The van der Waals surface area contributed by atoms with Gasteiger partial charge in [0.15, 0.2) is 0 Å². The van der Waals surface area contributed by atoms with Gasteiger partial charge in [0, 0.05) is 21.4 Å². The van der Waals surface area contributed by atoms with E-state index >= 15 is 0 Å². The van der Waals surface area contributed by atoms with Gasteiger partial charge in [0.1, 0.15) is 6.04 Å². The van der Waals surface area contributed by atoms with Crippen molar-refractivity contribution in [3.05, 3.63) is 53.0 Å². The number of carbonyl (C=O) groups is 1. The minimum absolute atomic E-state index is 0.337. The molecule has 0 aliphatic carbocycles. The number of amides is 1. The molecule has 0 spiro atoms. The largest absolute Gasteiger partial charge is 0.755 e. The van der Waals surface area contributed by atoms with Crippen LogP contribution in [0.5, 0.6) is 0 Å². The van der Waals surface area contributed by atoms with E-state index in [2.05, 4.69) is 15.9 Å². The summed E-state index contributed by atoms with van der Waals surface area (Å²) in [7, 11) is 0. The minimum Gasteiger partial charge on any atom is -0.755 e. The molecule has 0 saturated carbocycles. The average molecular weight is 426 g/mol. The molecule has 0 aromatic heterocycles. The van der Waals surface area contributed by atoms with Crippen LogP contribution < -0.4 is 9.79 Å².